The van der Waals surface area contributed by atoms with Crippen LogP contribution in [0.1, 0.15) is 37.7 Å². The van der Waals surface area contributed by atoms with Crippen LogP contribution in [0.3, 0.4) is 0 Å². The molecule has 0 spiro atoms. The van der Waals surface area contributed by atoms with E-state index >= 15 is 0 Å². The first-order valence-electron chi connectivity index (χ1n) is 8.96. The van der Waals surface area contributed by atoms with E-state index in [-0.39, 0.29) is 5.82 Å². The predicted octanol–water partition coefficient (Wildman–Crippen LogP) is 3.73. The molecule has 1 aliphatic carbocycles. The van der Waals surface area contributed by atoms with Crippen molar-refractivity contribution in [2.24, 2.45) is 0 Å². The van der Waals surface area contributed by atoms with E-state index in [4.69, 9.17) is 12.2 Å². The third kappa shape index (κ3) is 5.53. The minimum atomic E-state index is -0.206. The molecule has 0 bridgehead atoms. The fourth-order valence-corrected chi connectivity index (χ4v) is 3.58. The molecule has 25 heavy (non-hydrogen) atoms. The summed E-state index contributed by atoms with van der Waals surface area (Å²) in [6, 6.07) is 7.17. The highest BCUT2D eigenvalue weighted by molar-refractivity contribution is 7.80. The summed E-state index contributed by atoms with van der Waals surface area (Å²) >= 11 is 5.67. The van der Waals surface area contributed by atoms with Gasteiger partial charge in [-0.05, 0) is 49.2 Å². The number of hydrogen-bond acceptors (Lipinski definition) is 2. The van der Waals surface area contributed by atoms with Crippen molar-refractivity contribution in [3.05, 3.63) is 54.4 Å². The second-order valence-electron chi connectivity index (χ2n) is 6.63. The molecule has 1 saturated carbocycles. The van der Waals surface area contributed by atoms with Crippen molar-refractivity contribution in [2.45, 2.75) is 51.2 Å². The molecule has 1 aliphatic rings. The Morgan fingerprint density at radius 3 is 2.72 bits per heavy atom. The van der Waals surface area contributed by atoms with Gasteiger partial charge in [0, 0.05) is 38.1 Å². The molecule has 1 aromatic carbocycles. The van der Waals surface area contributed by atoms with Crippen LogP contribution in [-0.4, -0.2) is 32.2 Å². The van der Waals surface area contributed by atoms with Gasteiger partial charge >= 0.3 is 0 Å². The SMILES string of the molecule is Fc1ccc(CN(CCCn2ccnc2)C(=S)NC2CCCC2)cc1. The highest BCUT2D eigenvalue weighted by atomic mass is 32.1. The number of nitrogens with one attached hydrogen (secondary N) is 1. The molecule has 0 radical (unpaired) electrons. The van der Waals surface area contributed by atoms with Crippen LogP contribution in [0.25, 0.3) is 0 Å². The molecule has 1 aromatic heterocycles. The highest BCUT2D eigenvalue weighted by Gasteiger charge is 2.18. The number of rotatable bonds is 7. The quantitative estimate of drug-likeness (QED) is 0.763. The number of thiocarbonyl (C=S) groups is 1. The van der Waals surface area contributed by atoms with Crippen molar-refractivity contribution in [1.82, 2.24) is 19.8 Å². The lowest BCUT2D eigenvalue weighted by molar-refractivity contribution is 0.378. The predicted molar refractivity (Wildman–Crippen MR) is 102 cm³/mol. The first-order chi connectivity index (χ1) is 12.2. The third-order valence-corrected chi connectivity index (χ3v) is 5.04. The summed E-state index contributed by atoms with van der Waals surface area (Å²) in [5.41, 5.74) is 1.07. The second kappa shape index (κ2) is 8.94. The average Bonchev–Trinajstić information content (AvgIpc) is 3.29. The fourth-order valence-electron chi connectivity index (χ4n) is 3.26. The van der Waals surface area contributed by atoms with Crippen LogP contribution >= 0.6 is 12.2 Å². The number of aryl methyl sites for hydroxylation is 1. The normalized spacial score (nSPS) is 14.6. The summed E-state index contributed by atoms with van der Waals surface area (Å²) in [7, 11) is 0. The molecule has 0 aliphatic heterocycles. The van der Waals surface area contributed by atoms with Gasteiger partial charge in [0.25, 0.3) is 0 Å². The molecule has 1 fully saturated rings. The van der Waals surface area contributed by atoms with Crippen molar-refractivity contribution in [3.63, 3.8) is 0 Å². The lowest BCUT2D eigenvalue weighted by Gasteiger charge is -2.28. The maximum absolute atomic E-state index is 13.2. The van der Waals surface area contributed by atoms with E-state index in [1.807, 2.05) is 24.7 Å². The lowest BCUT2D eigenvalue weighted by Crippen LogP contribution is -2.44. The van der Waals surface area contributed by atoms with Crippen LogP contribution in [0.15, 0.2) is 43.0 Å². The Hall–Kier alpha value is -1.95. The molecule has 0 saturated heterocycles. The number of halogens is 1. The van der Waals surface area contributed by atoms with Crippen LogP contribution in [0, 0.1) is 5.82 Å². The van der Waals surface area contributed by atoms with E-state index in [1.54, 1.807) is 6.20 Å². The van der Waals surface area contributed by atoms with Gasteiger partial charge in [0.2, 0.25) is 0 Å². The molecule has 6 heteroatoms. The van der Waals surface area contributed by atoms with Crippen molar-refractivity contribution in [2.75, 3.05) is 6.54 Å². The van der Waals surface area contributed by atoms with Crippen molar-refractivity contribution in [1.29, 1.82) is 0 Å². The topological polar surface area (TPSA) is 33.1 Å². The largest absolute Gasteiger partial charge is 0.360 e. The summed E-state index contributed by atoms with van der Waals surface area (Å²) in [6.07, 6.45) is 11.5. The minimum absolute atomic E-state index is 0.206. The minimum Gasteiger partial charge on any atom is -0.360 e. The van der Waals surface area contributed by atoms with Crippen molar-refractivity contribution in [3.8, 4) is 0 Å². The van der Waals surface area contributed by atoms with Crippen LogP contribution in [0.5, 0.6) is 0 Å². The Balaban J connectivity index is 1.59. The zero-order valence-electron chi connectivity index (χ0n) is 14.4. The van der Waals surface area contributed by atoms with Gasteiger partial charge < -0.3 is 14.8 Å². The van der Waals surface area contributed by atoms with Crippen LogP contribution in [-0.2, 0) is 13.1 Å². The average molecular weight is 361 g/mol. The summed E-state index contributed by atoms with van der Waals surface area (Å²) in [5, 5.41) is 4.33. The standard InChI is InChI=1S/C19H25FN4S/c20-17-8-6-16(7-9-17)14-24(12-3-11-23-13-10-21-15-23)19(25)22-18-4-1-2-5-18/h6-10,13,15,18H,1-5,11-12,14H2,(H,22,25). The summed E-state index contributed by atoms with van der Waals surface area (Å²) in [4.78, 5) is 6.27. The van der Waals surface area contributed by atoms with Gasteiger partial charge in [-0.1, -0.05) is 25.0 Å². The lowest BCUT2D eigenvalue weighted by atomic mass is 10.2. The number of benzene rings is 1. The van der Waals surface area contributed by atoms with E-state index in [2.05, 4.69) is 19.8 Å². The molecule has 0 unspecified atom stereocenters. The summed E-state index contributed by atoms with van der Waals surface area (Å²) < 4.78 is 15.2. The van der Waals surface area contributed by atoms with Gasteiger partial charge in [0.15, 0.2) is 5.11 Å². The van der Waals surface area contributed by atoms with E-state index in [1.165, 1.54) is 37.8 Å². The van der Waals surface area contributed by atoms with Crippen molar-refractivity contribution < 1.29 is 4.39 Å². The smallest absolute Gasteiger partial charge is 0.169 e. The van der Waals surface area contributed by atoms with Gasteiger partial charge in [-0.15, -0.1) is 0 Å². The second-order valence-corrected chi connectivity index (χ2v) is 7.02. The molecule has 1 N–H and O–H groups in total. The molecule has 3 rings (SSSR count). The molecular weight excluding hydrogens is 335 g/mol. The summed E-state index contributed by atoms with van der Waals surface area (Å²) in [5.74, 6) is -0.206. The van der Waals surface area contributed by atoms with Gasteiger partial charge in [0.1, 0.15) is 5.82 Å². The molecule has 1 heterocycles. The molecular formula is C19H25FN4S. The summed E-state index contributed by atoms with van der Waals surface area (Å²) in [6.45, 7) is 2.46. The highest BCUT2D eigenvalue weighted by Crippen LogP contribution is 2.18. The first kappa shape index (κ1) is 17.9. The number of imidazole rings is 1. The van der Waals surface area contributed by atoms with Crippen LogP contribution in [0.2, 0.25) is 0 Å². The van der Waals surface area contributed by atoms with E-state index in [9.17, 15) is 4.39 Å². The fraction of sp³-hybridized carbons (Fsp3) is 0.474. The van der Waals surface area contributed by atoms with Gasteiger partial charge in [-0.3, -0.25) is 0 Å². The molecule has 0 amide bonds. The molecule has 134 valence electrons. The maximum atomic E-state index is 13.2. The molecule has 0 atom stereocenters. The molecule has 4 nitrogen and oxygen atoms in total. The van der Waals surface area contributed by atoms with E-state index in [0.29, 0.717) is 12.6 Å². The first-order valence-corrected chi connectivity index (χ1v) is 9.37. The van der Waals surface area contributed by atoms with Gasteiger partial charge in [-0.2, -0.15) is 0 Å². The zero-order chi connectivity index (χ0) is 17.5. The monoisotopic (exact) mass is 360 g/mol. The van der Waals surface area contributed by atoms with Gasteiger partial charge in [-0.25, -0.2) is 9.37 Å². The Morgan fingerprint density at radius 1 is 1.28 bits per heavy atom. The number of nitrogens with zero attached hydrogens (tertiary/aromatic N) is 3. The van der Waals surface area contributed by atoms with E-state index in [0.717, 1.165) is 30.2 Å². The maximum Gasteiger partial charge on any atom is 0.169 e. The van der Waals surface area contributed by atoms with E-state index < -0.39 is 0 Å². The van der Waals surface area contributed by atoms with Crippen LogP contribution in [0.4, 0.5) is 4.39 Å². The van der Waals surface area contributed by atoms with Crippen LogP contribution < -0.4 is 5.32 Å². The Morgan fingerprint density at radius 2 is 2.04 bits per heavy atom. The van der Waals surface area contributed by atoms with Crippen molar-refractivity contribution >= 4 is 17.3 Å². The Bertz CT molecular complexity index is 651. The van der Waals surface area contributed by atoms with Gasteiger partial charge in [0.05, 0.1) is 6.33 Å². The zero-order valence-corrected chi connectivity index (χ0v) is 15.2. The Labute approximate surface area is 154 Å². The molecule has 2 aromatic rings. The number of aromatic nitrogens is 2. The number of hydrogen-bond donors (Lipinski definition) is 1. The third-order valence-electron chi connectivity index (χ3n) is 4.66. The Kier molecular flexibility index (Phi) is 6.39.